The molecule has 0 saturated heterocycles. The number of rotatable bonds is 2. The smallest absolute Gasteiger partial charge is 0.314 e. The Hall–Kier alpha value is -0.580. The van der Waals surface area contributed by atoms with Crippen LogP contribution in [0.1, 0.15) is 0 Å². The van der Waals surface area contributed by atoms with Crippen LogP contribution in [0.2, 0.25) is 0 Å². The standard InChI is InChI=1S/C7H5INO/c8-6-2-1-3-7(4-6)9-5-10/h1-4H,(H,9,10). The van der Waals surface area contributed by atoms with Crippen LogP contribution in [-0.4, -0.2) is 6.41 Å². The van der Waals surface area contributed by atoms with Crippen molar-refractivity contribution in [2.24, 2.45) is 0 Å². The summed E-state index contributed by atoms with van der Waals surface area (Å²) in [4.78, 5) is 9.85. The lowest BCUT2D eigenvalue weighted by molar-refractivity contribution is 0.561. The molecule has 1 N–H and O–H groups in total. The minimum atomic E-state index is 0.780. The molecule has 3 heteroatoms. The highest BCUT2D eigenvalue weighted by Gasteiger charge is 1.89. The summed E-state index contributed by atoms with van der Waals surface area (Å²) in [6.07, 6.45) is 1.61. The number of carbonyl (C=O) groups excluding carboxylic acids is 1. The molecule has 0 heterocycles. The number of benzene rings is 1. The van der Waals surface area contributed by atoms with Crippen molar-refractivity contribution in [2.75, 3.05) is 5.32 Å². The maximum Gasteiger partial charge on any atom is 0.314 e. The molecule has 0 aliphatic rings. The molecule has 0 saturated carbocycles. The molecule has 0 aliphatic carbocycles. The first-order valence-electron chi connectivity index (χ1n) is 2.71. The summed E-state index contributed by atoms with van der Waals surface area (Å²) in [5.74, 6) is 0. The van der Waals surface area contributed by atoms with Gasteiger partial charge < -0.3 is 5.32 Å². The van der Waals surface area contributed by atoms with E-state index in [2.05, 4.69) is 27.9 Å². The molecule has 1 amide bonds. The third-order valence-corrected chi connectivity index (χ3v) is 1.69. The molecule has 0 bridgehead atoms. The highest BCUT2D eigenvalue weighted by Crippen LogP contribution is 2.10. The van der Waals surface area contributed by atoms with Gasteiger partial charge >= 0.3 is 6.41 Å². The number of anilines is 1. The Morgan fingerprint density at radius 3 is 2.90 bits per heavy atom. The molecule has 0 fully saturated rings. The Morgan fingerprint density at radius 2 is 2.30 bits per heavy atom. The van der Waals surface area contributed by atoms with Gasteiger partial charge in [0.05, 0.1) is 0 Å². The largest absolute Gasteiger partial charge is 0.318 e. The van der Waals surface area contributed by atoms with Crippen molar-refractivity contribution >= 4 is 34.7 Å². The van der Waals surface area contributed by atoms with E-state index in [1.54, 1.807) is 6.41 Å². The zero-order chi connectivity index (χ0) is 7.40. The molecule has 1 aromatic rings. The fourth-order valence-electron chi connectivity index (χ4n) is 0.625. The van der Waals surface area contributed by atoms with Crippen LogP contribution in [-0.2, 0) is 4.79 Å². The zero-order valence-corrected chi connectivity index (χ0v) is 7.25. The number of hydrogen-bond donors (Lipinski definition) is 1. The van der Waals surface area contributed by atoms with Crippen LogP contribution in [0.3, 0.4) is 0 Å². The molecule has 10 heavy (non-hydrogen) atoms. The number of halogens is 1. The third-order valence-electron chi connectivity index (χ3n) is 1.02. The molecule has 0 aromatic heterocycles. The van der Waals surface area contributed by atoms with Gasteiger partial charge in [-0.05, 0) is 40.8 Å². The Balaban J connectivity index is 2.84. The summed E-state index contributed by atoms with van der Waals surface area (Å²) in [7, 11) is 0. The van der Waals surface area contributed by atoms with E-state index < -0.39 is 0 Å². The van der Waals surface area contributed by atoms with Crippen molar-refractivity contribution in [3.63, 3.8) is 0 Å². The monoisotopic (exact) mass is 246 g/mol. The van der Waals surface area contributed by atoms with Crippen molar-refractivity contribution < 1.29 is 4.79 Å². The minimum absolute atomic E-state index is 0.780. The van der Waals surface area contributed by atoms with Gasteiger partial charge in [-0.25, -0.2) is 0 Å². The van der Waals surface area contributed by atoms with Crippen LogP contribution in [0.15, 0.2) is 24.3 Å². The van der Waals surface area contributed by atoms with E-state index in [4.69, 9.17) is 0 Å². The lowest BCUT2D eigenvalue weighted by atomic mass is 10.3. The first kappa shape index (κ1) is 7.53. The van der Waals surface area contributed by atoms with Gasteiger partial charge in [0, 0.05) is 9.26 Å². The molecular formula is C7H5INO. The molecule has 2 nitrogen and oxygen atoms in total. The van der Waals surface area contributed by atoms with Crippen molar-refractivity contribution in [3.05, 3.63) is 27.8 Å². The van der Waals surface area contributed by atoms with Crippen LogP contribution in [0.5, 0.6) is 0 Å². The zero-order valence-electron chi connectivity index (χ0n) is 5.10. The lowest BCUT2D eigenvalue weighted by Gasteiger charge is -1.95. The molecule has 0 aliphatic heterocycles. The molecule has 51 valence electrons. The molecule has 1 aromatic carbocycles. The molecule has 1 rings (SSSR count). The van der Waals surface area contributed by atoms with Gasteiger partial charge in [0.2, 0.25) is 0 Å². The topological polar surface area (TPSA) is 29.1 Å². The van der Waals surface area contributed by atoms with Gasteiger partial charge in [0.15, 0.2) is 0 Å². The van der Waals surface area contributed by atoms with Crippen molar-refractivity contribution in [2.45, 2.75) is 0 Å². The summed E-state index contributed by atoms with van der Waals surface area (Å²) >= 11 is 2.18. The second-order valence-electron chi connectivity index (χ2n) is 1.74. The fraction of sp³-hybridized carbons (Fsp3) is 0. The van der Waals surface area contributed by atoms with Gasteiger partial charge in [-0.1, -0.05) is 6.07 Å². The summed E-state index contributed by atoms with van der Waals surface area (Å²) in [5.41, 5.74) is 0.780. The van der Waals surface area contributed by atoms with E-state index in [1.165, 1.54) is 0 Å². The van der Waals surface area contributed by atoms with Crippen LogP contribution >= 0.6 is 22.6 Å². The minimum Gasteiger partial charge on any atom is -0.318 e. The summed E-state index contributed by atoms with van der Waals surface area (Å²) < 4.78 is 1.10. The average molecular weight is 246 g/mol. The van der Waals surface area contributed by atoms with Crippen molar-refractivity contribution in [1.82, 2.24) is 0 Å². The first-order chi connectivity index (χ1) is 4.83. The van der Waals surface area contributed by atoms with Crippen molar-refractivity contribution in [3.8, 4) is 0 Å². The van der Waals surface area contributed by atoms with Crippen molar-refractivity contribution in [1.29, 1.82) is 0 Å². The van der Waals surface area contributed by atoms with E-state index >= 15 is 0 Å². The lowest BCUT2D eigenvalue weighted by Crippen LogP contribution is -1.92. The Bertz CT molecular complexity index is 237. The number of nitrogens with one attached hydrogen (secondary N) is 1. The second kappa shape index (κ2) is 3.55. The highest BCUT2D eigenvalue weighted by atomic mass is 127. The summed E-state index contributed by atoms with van der Waals surface area (Å²) in [6.45, 7) is 0. The van der Waals surface area contributed by atoms with Crippen LogP contribution in [0.4, 0.5) is 5.69 Å². The van der Waals surface area contributed by atoms with Gasteiger partial charge in [-0.3, -0.25) is 4.79 Å². The van der Waals surface area contributed by atoms with Gasteiger partial charge in [-0.15, -0.1) is 0 Å². The van der Waals surface area contributed by atoms with Gasteiger partial charge in [0.1, 0.15) is 0 Å². The third kappa shape index (κ3) is 1.98. The fourth-order valence-corrected chi connectivity index (χ4v) is 1.17. The van der Waals surface area contributed by atoms with Crippen LogP contribution < -0.4 is 5.32 Å². The van der Waals surface area contributed by atoms with Crippen LogP contribution in [0, 0.1) is 3.57 Å². The molecule has 1 radical (unpaired) electrons. The maximum absolute atomic E-state index is 9.85. The van der Waals surface area contributed by atoms with E-state index in [0.717, 1.165) is 9.26 Å². The van der Waals surface area contributed by atoms with Gasteiger partial charge in [0.25, 0.3) is 0 Å². The van der Waals surface area contributed by atoms with E-state index in [-0.39, 0.29) is 0 Å². The number of amides is 1. The predicted octanol–water partition coefficient (Wildman–Crippen LogP) is 1.77. The van der Waals surface area contributed by atoms with E-state index in [0.29, 0.717) is 0 Å². The second-order valence-corrected chi connectivity index (χ2v) is 2.98. The summed E-state index contributed by atoms with van der Waals surface area (Å²) in [5, 5.41) is 2.44. The normalized spacial score (nSPS) is 8.90. The van der Waals surface area contributed by atoms with Gasteiger partial charge in [-0.2, -0.15) is 0 Å². The first-order valence-corrected chi connectivity index (χ1v) is 3.79. The predicted molar refractivity (Wildman–Crippen MR) is 48.5 cm³/mol. The molecular weight excluding hydrogens is 241 g/mol. The average Bonchev–Trinajstić information content (AvgIpc) is 1.88. The maximum atomic E-state index is 9.85. The van der Waals surface area contributed by atoms with Crippen LogP contribution in [0.25, 0.3) is 0 Å². The number of hydrogen-bond acceptors (Lipinski definition) is 1. The van der Waals surface area contributed by atoms with E-state index in [1.807, 2.05) is 24.3 Å². The summed E-state index contributed by atoms with van der Waals surface area (Å²) in [6, 6.07) is 7.51. The van der Waals surface area contributed by atoms with E-state index in [9.17, 15) is 4.79 Å². The SMILES string of the molecule is O=[C]Nc1cccc(I)c1. The molecule has 0 unspecified atom stereocenters. The highest BCUT2D eigenvalue weighted by molar-refractivity contribution is 14.1. The Kier molecular flexibility index (Phi) is 2.68. The molecule has 0 spiro atoms. The Labute approximate surface area is 72.8 Å². The molecule has 0 atom stereocenters. The quantitative estimate of drug-likeness (QED) is 0.625. The Morgan fingerprint density at radius 1 is 1.50 bits per heavy atom.